The van der Waals surface area contributed by atoms with Gasteiger partial charge in [0.1, 0.15) is 0 Å². The van der Waals surface area contributed by atoms with Crippen molar-refractivity contribution in [2.24, 2.45) is 7.05 Å². The lowest BCUT2D eigenvalue weighted by Crippen LogP contribution is -2.23. The van der Waals surface area contributed by atoms with Crippen molar-refractivity contribution in [2.45, 2.75) is 10.8 Å². The van der Waals surface area contributed by atoms with Gasteiger partial charge in [-0.05, 0) is 12.1 Å². The van der Waals surface area contributed by atoms with Gasteiger partial charge in [-0.2, -0.15) is 0 Å². The summed E-state index contributed by atoms with van der Waals surface area (Å²) >= 11 is 6.54. The van der Waals surface area contributed by atoms with Crippen LogP contribution in [0.2, 0.25) is 4.47 Å². The highest BCUT2D eigenvalue weighted by atomic mass is 35.5. The third kappa shape index (κ3) is 2.86. The predicted octanol–water partition coefficient (Wildman–Crippen LogP) is 1.61. The van der Waals surface area contributed by atoms with Gasteiger partial charge in [0.25, 0.3) is 10.0 Å². The van der Waals surface area contributed by atoms with Gasteiger partial charge in [0.05, 0.1) is 12.7 Å². The molecule has 1 N–H and O–H groups in total. The van der Waals surface area contributed by atoms with E-state index in [4.69, 9.17) is 11.6 Å². The number of hydrogen-bond donors (Lipinski definition) is 1. The average molecular weight is 292 g/mol. The standard InChI is InChI=1S/C9H10ClN3O2S2/c1-13-4-2-3-7(13)5-12-17(14,15)8-6-11-9(10)16-8/h2-4,6,12H,5H2,1H3. The van der Waals surface area contributed by atoms with Gasteiger partial charge in [-0.1, -0.05) is 22.9 Å². The van der Waals surface area contributed by atoms with Crippen LogP contribution in [0.5, 0.6) is 0 Å². The van der Waals surface area contributed by atoms with Crippen LogP contribution in [0.3, 0.4) is 0 Å². The van der Waals surface area contributed by atoms with Crippen LogP contribution in [-0.4, -0.2) is 18.0 Å². The monoisotopic (exact) mass is 291 g/mol. The summed E-state index contributed by atoms with van der Waals surface area (Å²) in [5.74, 6) is 0. The first-order valence-electron chi connectivity index (χ1n) is 4.70. The van der Waals surface area contributed by atoms with Crippen molar-refractivity contribution >= 4 is 33.0 Å². The highest BCUT2D eigenvalue weighted by Gasteiger charge is 2.17. The van der Waals surface area contributed by atoms with Crippen molar-refractivity contribution < 1.29 is 8.42 Å². The number of halogens is 1. The minimum absolute atomic E-state index is 0.122. The number of aryl methyl sites for hydroxylation is 1. The maximum Gasteiger partial charge on any atom is 0.252 e. The van der Waals surface area contributed by atoms with Gasteiger partial charge in [0, 0.05) is 18.9 Å². The van der Waals surface area contributed by atoms with E-state index in [2.05, 4.69) is 9.71 Å². The molecule has 0 aromatic carbocycles. The van der Waals surface area contributed by atoms with Gasteiger partial charge in [-0.15, -0.1) is 0 Å². The number of rotatable bonds is 4. The molecule has 0 aliphatic rings. The lowest BCUT2D eigenvalue weighted by Gasteiger charge is -2.05. The molecule has 0 fully saturated rings. The van der Waals surface area contributed by atoms with Gasteiger partial charge >= 0.3 is 0 Å². The molecule has 2 rings (SSSR count). The molecule has 0 saturated heterocycles. The van der Waals surface area contributed by atoms with Gasteiger partial charge < -0.3 is 4.57 Å². The topological polar surface area (TPSA) is 64.0 Å². The van der Waals surface area contributed by atoms with E-state index in [-0.39, 0.29) is 15.2 Å². The Hall–Kier alpha value is -0.890. The first-order valence-corrected chi connectivity index (χ1v) is 7.38. The van der Waals surface area contributed by atoms with Gasteiger partial charge in [-0.3, -0.25) is 0 Å². The summed E-state index contributed by atoms with van der Waals surface area (Å²) in [6.07, 6.45) is 3.10. The van der Waals surface area contributed by atoms with E-state index >= 15 is 0 Å². The van der Waals surface area contributed by atoms with Crippen LogP contribution in [0, 0.1) is 0 Å². The SMILES string of the molecule is Cn1cccc1CNS(=O)(=O)c1cnc(Cl)s1. The Labute approximate surface area is 108 Å². The Kier molecular flexibility index (Phi) is 3.53. The molecule has 5 nitrogen and oxygen atoms in total. The summed E-state index contributed by atoms with van der Waals surface area (Å²) in [6, 6.07) is 3.70. The fraction of sp³-hybridized carbons (Fsp3) is 0.222. The van der Waals surface area contributed by atoms with E-state index in [0.29, 0.717) is 0 Å². The van der Waals surface area contributed by atoms with Crippen LogP contribution in [0.4, 0.5) is 0 Å². The quantitative estimate of drug-likeness (QED) is 0.931. The smallest absolute Gasteiger partial charge is 0.252 e. The largest absolute Gasteiger partial charge is 0.353 e. The number of aromatic nitrogens is 2. The predicted molar refractivity (Wildman–Crippen MR) is 66.6 cm³/mol. The zero-order valence-electron chi connectivity index (χ0n) is 8.92. The van der Waals surface area contributed by atoms with Gasteiger partial charge in [0.15, 0.2) is 8.68 Å². The fourth-order valence-electron chi connectivity index (χ4n) is 1.28. The number of sulfonamides is 1. The Bertz CT molecular complexity index is 618. The second-order valence-corrected chi connectivity index (χ2v) is 6.97. The van der Waals surface area contributed by atoms with E-state index < -0.39 is 10.0 Å². The third-order valence-electron chi connectivity index (χ3n) is 2.22. The lowest BCUT2D eigenvalue weighted by molar-refractivity contribution is 0.581. The summed E-state index contributed by atoms with van der Waals surface area (Å²) in [5.41, 5.74) is 0.879. The summed E-state index contributed by atoms with van der Waals surface area (Å²) in [7, 11) is -1.67. The van der Waals surface area contributed by atoms with Gasteiger partial charge in [0.2, 0.25) is 0 Å². The van der Waals surface area contributed by atoms with E-state index in [1.54, 1.807) is 0 Å². The molecule has 0 atom stereocenters. The molecule has 0 bridgehead atoms. The number of hydrogen-bond acceptors (Lipinski definition) is 4. The number of thiazole rings is 1. The highest BCUT2D eigenvalue weighted by Crippen LogP contribution is 2.22. The molecular formula is C9H10ClN3O2S2. The summed E-state index contributed by atoms with van der Waals surface area (Å²) in [5, 5.41) is 0. The molecule has 0 unspecified atom stereocenters. The third-order valence-corrected chi connectivity index (χ3v) is 5.19. The zero-order valence-corrected chi connectivity index (χ0v) is 11.3. The molecular weight excluding hydrogens is 282 g/mol. The van der Waals surface area contributed by atoms with Crippen LogP contribution >= 0.6 is 22.9 Å². The minimum Gasteiger partial charge on any atom is -0.353 e. The summed E-state index contributed by atoms with van der Waals surface area (Å²) < 4.78 is 28.4. The van der Waals surface area contributed by atoms with Crippen molar-refractivity contribution in [3.8, 4) is 0 Å². The van der Waals surface area contributed by atoms with Crippen LogP contribution in [0.1, 0.15) is 5.69 Å². The molecule has 0 saturated carbocycles. The highest BCUT2D eigenvalue weighted by molar-refractivity contribution is 7.91. The van der Waals surface area contributed by atoms with E-state index in [1.807, 2.05) is 29.9 Å². The van der Waals surface area contributed by atoms with E-state index in [9.17, 15) is 8.42 Å². The van der Waals surface area contributed by atoms with E-state index in [0.717, 1.165) is 17.0 Å². The minimum atomic E-state index is -3.52. The van der Waals surface area contributed by atoms with E-state index in [1.165, 1.54) is 6.20 Å². The summed E-state index contributed by atoms with van der Waals surface area (Å²) in [4.78, 5) is 3.71. The molecule has 8 heteroatoms. The number of nitrogens with one attached hydrogen (secondary N) is 1. The van der Waals surface area contributed by atoms with Crippen molar-refractivity contribution in [2.75, 3.05) is 0 Å². The molecule has 0 radical (unpaired) electrons. The van der Waals surface area contributed by atoms with Crippen LogP contribution in [-0.2, 0) is 23.6 Å². The fourth-order valence-corrected chi connectivity index (χ4v) is 3.62. The first-order chi connectivity index (χ1) is 7.99. The molecule has 0 aliphatic carbocycles. The second-order valence-electron chi connectivity index (χ2n) is 3.37. The maximum atomic E-state index is 11.8. The molecule has 0 aliphatic heterocycles. The first kappa shape index (κ1) is 12.6. The molecule has 17 heavy (non-hydrogen) atoms. The van der Waals surface area contributed by atoms with Crippen molar-refractivity contribution in [1.29, 1.82) is 0 Å². The van der Waals surface area contributed by atoms with Gasteiger partial charge in [-0.25, -0.2) is 18.1 Å². The normalized spacial score (nSPS) is 11.9. The Balaban J connectivity index is 2.11. The second kappa shape index (κ2) is 4.77. The summed E-state index contributed by atoms with van der Waals surface area (Å²) in [6.45, 7) is 0.237. The van der Waals surface area contributed by atoms with Crippen LogP contribution in [0.15, 0.2) is 28.7 Å². The Morgan fingerprint density at radius 2 is 2.35 bits per heavy atom. The molecule has 92 valence electrons. The maximum absolute atomic E-state index is 11.8. The molecule has 0 amide bonds. The Morgan fingerprint density at radius 1 is 1.59 bits per heavy atom. The average Bonchev–Trinajstić information content (AvgIpc) is 2.85. The van der Waals surface area contributed by atoms with Crippen molar-refractivity contribution in [1.82, 2.24) is 14.3 Å². The molecule has 2 aromatic heterocycles. The van der Waals surface area contributed by atoms with Crippen LogP contribution in [0.25, 0.3) is 0 Å². The molecule has 2 aromatic rings. The zero-order chi connectivity index (χ0) is 12.5. The molecule has 2 heterocycles. The van der Waals surface area contributed by atoms with Crippen LogP contribution < -0.4 is 4.72 Å². The molecule has 0 spiro atoms. The van der Waals surface area contributed by atoms with Crippen molar-refractivity contribution in [3.05, 3.63) is 34.7 Å². The lowest BCUT2D eigenvalue weighted by atomic mass is 10.4. The Morgan fingerprint density at radius 3 is 2.88 bits per heavy atom. The number of nitrogens with zero attached hydrogens (tertiary/aromatic N) is 2. The van der Waals surface area contributed by atoms with Crippen molar-refractivity contribution in [3.63, 3.8) is 0 Å².